The fourth-order valence-electron chi connectivity index (χ4n) is 3.33. The van der Waals surface area contributed by atoms with Crippen molar-refractivity contribution in [1.82, 2.24) is 30.6 Å². The SMILES string of the molecule is CC1(c2cccc(-c3noc(-c4cc5n(n4)CCCO5)n3)c2)NC(=O)NC1=O. The van der Waals surface area contributed by atoms with Crippen molar-refractivity contribution < 1.29 is 18.8 Å². The number of fused-ring (bicyclic) bond motifs is 1. The second-order valence-corrected chi connectivity index (χ2v) is 6.83. The molecule has 3 aromatic rings. The maximum absolute atomic E-state index is 12.2. The monoisotopic (exact) mass is 380 g/mol. The summed E-state index contributed by atoms with van der Waals surface area (Å²) in [6.45, 7) is 3.09. The third kappa shape index (κ3) is 2.53. The summed E-state index contributed by atoms with van der Waals surface area (Å²) in [5, 5.41) is 13.4. The van der Waals surface area contributed by atoms with E-state index in [1.54, 1.807) is 41.9 Å². The Bertz CT molecular complexity index is 1080. The Labute approximate surface area is 158 Å². The first-order chi connectivity index (χ1) is 13.5. The number of amides is 3. The summed E-state index contributed by atoms with van der Waals surface area (Å²) in [5.74, 6) is 0.909. The average Bonchev–Trinajstić information content (AvgIpc) is 3.39. The zero-order valence-corrected chi connectivity index (χ0v) is 14.9. The fourth-order valence-corrected chi connectivity index (χ4v) is 3.33. The first kappa shape index (κ1) is 16.5. The van der Waals surface area contributed by atoms with E-state index in [0.29, 0.717) is 35.1 Å². The smallest absolute Gasteiger partial charge is 0.322 e. The first-order valence-electron chi connectivity index (χ1n) is 8.82. The first-order valence-corrected chi connectivity index (χ1v) is 8.82. The molecule has 2 aliphatic heterocycles. The van der Waals surface area contributed by atoms with E-state index < -0.39 is 17.5 Å². The van der Waals surface area contributed by atoms with E-state index in [2.05, 4.69) is 25.9 Å². The zero-order valence-electron chi connectivity index (χ0n) is 14.9. The normalized spacial score (nSPS) is 21.0. The molecule has 2 N–H and O–H groups in total. The van der Waals surface area contributed by atoms with E-state index in [9.17, 15) is 9.59 Å². The summed E-state index contributed by atoms with van der Waals surface area (Å²) in [5.41, 5.74) is 0.662. The summed E-state index contributed by atoms with van der Waals surface area (Å²) < 4.78 is 12.7. The molecule has 142 valence electrons. The number of imide groups is 1. The number of hydrogen-bond acceptors (Lipinski definition) is 7. The van der Waals surface area contributed by atoms with Crippen molar-refractivity contribution in [2.45, 2.75) is 25.4 Å². The molecule has 2 aliphatic rings. The van der Waals surface area contributed by atoms with Gasteiger partial charge in [0.1, 0.15) is 5.54 Å². The topological polar surface area (TPSA) is 124 Å². The van der Waals surface area contributed by atoms with Crippen LogP contribution in [-0.4, -0.2) is 38.5 Å². The average molecular weight is 380 g/mol. The minimum Gasteiger partial charge on any atom is -0.478 e. The second kappa shape index (κ2) is 5.91. The molecule has 0 saturated carbocycles. The molecule has 4 heterocycles. The van der Waals surface area contributed by atoms with E-state index in [-0.39, 0.29) is 5.89 Å². The Balaban J connectivity index is 1.47. The lowest BCUT2D eigenvalue weighted by Crippen LogP contribution is -2.40. The molecule has 5 rings (SSSR count). The van der Waals surface area contributed by atoms with Crippen molar-refractivity contribution in [2.24, 2.45) is 0 Å². The van der Waals surface area contributed by atoms with Gasteiger partial charge in [0.25, 0.3) is 11.8 Å². The standard InChI is InChI=1S/C18H16N6O4/c1-18(16(25)20-17(26)21-18)11-5-2-4-10(8-11)14-19-15(28-23-14)12-9-13-24(22-12)6-3-7-27-13/h2,4-5,8-9H,3,6-7H2,1H3,(H2,20,21,25,26). The van der Waals surface area contributed by atoms with E-state index in [1.165, 1.54) is 0 Å². The summed E-state index contributed by atoms with van der Waals surface area (Å²) in [6.07, 6.45) is 0.902. The predicted octanol–water partition coefficient (Wildman–Crippen LogP) is 1.44. The van der Waals surface area contributed by atoms with Gasteiger partial charge < -0.3 is 14.6 Å². The summed E-state index contributed by atoms with van der Waals surface area (Å²) in [7, 11) is 0. The third-order valence-corrected chi connectivity index (χ3v) is 4.90. The number of urea groups is 1. The number of rotatable bonds is 3. The summed E-state index contributed by atoms with van der Waals surface area (Å²) in [6, 6.07) is 8.33. The number of aryl methyl sites for hydroxylation is 1. The summed E-state index contributed by atoms with van der Waals surface area (Å²) in [4.78, 5) is 28.1. The van der Waals surface area contributed by atoms with Gasteiger partial charge in [0.15, 0.2) is 5.69 Å². The number of hydrogen-bond donors (Lipinski definition) is 2. The molecule has 2 aromatic heterocycles. The molecule has 0 radical (unpaired) electrons. The molecule has 1 unspecified atom stereocenters. The number of benzene rings is 1. The van der Waals surface area contributed by atoms with Crippen molar-refractivity contribution in [2.75, 3.05) is 6.61 Å². The van der Waals surface area contributed by atoms with Crippen LogP contribution >= 0.6 is 0 Å². The highest BCUT2D eigenvalue weighted by Gasteiger charge is 2.43. The molecule has 0 aliphatic carbocycles. The summed E-state index contributed by atoms with van der Waals surface area (Å²) >= 11 is 0. The molecular weight excluding hydrogens is 364 g/mol. The number of carbonyl (C=O) groups is 2. The van der Waals surface area contributed by atoms with Crippen LogP contribution in [0.2, 0.25) is 0 Å². The molecule has 10 heteroatoms. The molecule has 0 spiro atoms. The van der Waals surface area contributed by atoms with Gasteiger partial charge in [-0.2, -0.15) is 10.1 Å². The van der Waals surface area contributed by atoms with Crippen LogP contribution in [0, 0.1) is 0 Å². The zero-order chi connectivity index (χ0) is 19.3. The Kier molecular flexibility index (Phi) is 3.48. The van der Waals surface area contributed by atoms with Crippen LogP contribution in [-0.2, 0) is 16.9 Å². The van der Waals surface area contributed by atoms with Crippen LogP contribution in [0.3, 0.4) is 0 Å². The Morgan fingerprint density at radius 2 is 2.14 bits per heavy atom. The van der Waals surface area contributed by atoms with Crippen LogP contribution in [0.1, 0.15) is 18.9 Å². The van der Waals surface area contributed by atoms with E-state index in [1.807, 2.05) is 0 Å². The van der Waals surface area contributed by atoms with Crippen molar-refractivity contribution in [1.29, 1.82) is 0 Å². The van der Waals surface area contributed by atoms with Gasteiger partial charge in [-0.1, -0.05) is 23.4 Å². The Morgan fingerprint density at radius 3 is 2.93 bits per heavy atom. The molecule has 28 heavy (non-hydrogen) atoms. The van der Waals surface area contributed by atoms with Gasteiger partial charge in [0, 0.05) is 24.6 Å². The largest absolute Gasteiger partial charge is 0.478 e. The molecular formula is C18H16N6O4. The van der Waals surface area contributed by atoms with Gasteiger partial charge in [0.2, 0.25) is 11.7 Å². The lowest BCUT2D eigenvalue weighted by atomic mass is 9.91. The molecule has 0 bridgehead atoms. The molecule has 1 saturated heterocycles. The number of aromatic nitrogens is 4. The quantitative estimate of drug-likeness (QED) is 0.659. The number of carbonyl (C=O) groups excluding carboxylic acids is 2. The van der Waals surface area contributed by atoms with Gasteiger partial charge >= 0.3 is 6.03 Å². The Hall–Kier alpha value is -3.69. The molecule has 1 fully saturated rings. The van der Waals surface area contributed by atoms with Gasteiger partial charge in [-0.15, -0.1) is 0 Å². The highest BCUT2D eigenvalue weighted by atomic mass is 16.5. The maximum atomic E-state index is 12.2. The van der Waals surface area contributed by atoms with Gasteiger partial charge in [-0.3, -0.25) is 10.1 Å². The van der Waals surface area contributed by atoms with Gasteiger partial charge in [-0.05, 0) is 18.6 Å². The lowest BCUT2D eigenvalue weighted by molar-refractivity contribution is -0.123. The van der Waals surface area contributed by atoms with Crippen molar-refractivity contribution in [3.8, 4) is 28.9 Å². The van der Waals surface area contributed by atoms with Crippen LogP contribution in [0.5, 0.6) is 5.88 Å². The van der Waals surface area contributed by atoms with Crippen LogP contribution in [0.4, 0.5) is 4.79 Å². The Morgan fingerprint density at radius 1 is 1.25 bits per heavy atom. The highest BCUT2D eigenvalue weighted by molar-refractivity contribution is 6.07. The minimum absolute atomic E-state index is 0.282. The third-order valence-electron chi connectivity index (χ3n) is 4.90. The molecule has 1 aromatic carbocycles. The van der Waals surface area contributed by atoms with Crippen LogP contribution in [0.15, 0.2) is 34.9 Å². The van der Waals surface area contributed by atoms with E-state index in [0.717, 1.165) is 13.0 Å². The van der Waals surface area contributed by atoms with E-state index in [4.69, 9.17) is 9.26 Å². The highest BCUT2D eigenvalue weighted by Crippen LogP contribution is 2.30. The van der Waals surface area contributed by atoms with Crippen molar-refractivity contribution in [3.63, 3.8) is 0 Å². The number of nitrogens with one attached hydrogen (secondary N) is 2. The van der Waals surface area contributed by atoms with Crippen molar-refractivity contribution >= 4 is 11.9 Å². The van der Waals surface area contributed by atoms with Gasteiger partial charge in [-0.25, -0.2) is 9.48 Å². The number of nitrogens with zero attached hydrogens (tertiary/aromatic N) is 4. The van der Waals surface area contributed by atoms with Gasteiger partial charge in [0.05, 0.1) is 6.61 Å². The van der Waals surface area contributed by atoms with Crippen molar-refractivity contribution in [3.05, 3.63) is 35.9 Å². The van der Waals surface area contributed by atoms with Crippen LogP contribution in [0.25, 0.3) is 23.0 Å². The van der Waals surface area contributed by atoms with E-state index >= 15 is 0 Å². The lowest BCUT2D eigenvalue weighted by Gasteiger charge is -2.21. The minimum atomic E-state index is -1.15. The molecule has 1 atom stereocenters. The molecule has 10 nitrogen and oxygen atoms in total. The molecule has 3 amide bonds. The predicted molar refractivity (Wildman–Crippen MR) is 95.1 cm³/mol. The van der Waals surface area contributed by atoms with Crippen LogP contribution < -0.4 is 15.4 Å². The number of ether oxygens (including phenoxy) is 1. The fraction of sp³-hybridized carbons (Fsp3) is 0.278. The second-order valence-electron chi connectivity index (χ2n) is 6.83. The maximum Gasteiger partial charge on any atom is 0.322 e.